The molecule has 0 aliphatic rings. The molecule has 1 atom stereocenters. The van der Waals surface area contributed by atoms with Crippen LogP contribution >= 0.6 is 0 Å². The van der Waals surface area contributed by atoms with E-state index in [0.717, 1.165) is 10.4 Å². The van der Waals surface area contributed by atoms with E-state index >= 15 is 0 Å². The highest BCUT2D eigenvalue weighted by Crippen LogP contribution is 2.29. The molecule has 0 aliphatic heterocycles. The average Bonchev–Trinajstić information content (AvgIpc) is 3.61. The second-order valence-corrected chi connectivity index (χ2v) is 8.81. The smallest absolute Gasteiger partial charge is 0.251 e. The van der Waals surface area contributed by atoms with E-state index in [1.54, 1.807) is 43.3 Å². The summed E-state index contributed by atoms with van der Waals surface area (Å²) < 4.78 is 19.4. The first-order chi connectivity index (χ1) is 19.0. The summed E-state index contributed by atoms with van der Waals surface area (Å²) in [5, 5.41) is 15.2. The third-order valence-corrected chi connectivity index (χ3v) is 6.00. The van der Waals surface area contributed by atoms with Crippen LogP contribution in [0.1, 0.15) is 22.9 Å². The Morgan fingerprint density at radius 2 is 1.64 bits per heavy atom. The van der Waals surface area contributed by atoms with Crippen molar-refractivity contribution >= 4 is 17.5 Å². The summed E-state index contributed by atoms with van der Waals surface area (Å²) in [5.41, 5.74) is 1.82. The number of para-hydroxylation sites is 1. The molecule has 0 bridgehead atoms. The van der Waals surface area contributed by atoms with E-state index in [9.17, 15) is 14.0 Å². The van der Waals surface area contributed by atoms with Gasteiger partial charge in [0.25, 0.3) is 5.91 Å². The van der Waals surface area contributed by atoms with Gasteiger partial charge in [-0.15, -0.1) is 10.2 Å². The summed E-state index contributed by atoms with van der Waals surface area (Å²) in [6.45, 7) is 1.75. The minimum absolute atomic E-state index is 0.234. The van der Waals surface area contributed by atoms with Gasteiger partial charge in [0.2, 0.25) is 11.7 Å². The number of furan rings is 1. The van der Waals surface area contributed by atoms with Crippen LogP contribution in [0.4, 0.5) is 10.1 Å². The number of aromatic nitrogens is 4. The van der Waals surface area contributed by atoms with Crippen molar-refractivity contribution in [1.29, 1.82) is 0 Å². The third-order valence-electron chi connectivity index (χ3n) is 6.00. The summed E-state index contributed by atoms with van der Waals surface area (Å²) in [4.78, 5) is 30.1. The van der Waals surface area contributed by atoms with E-state index in [4.69, 9.17) is 4.42 Å². The zero-order chi connectivity index (χ0) is 27.2. The van der Waals surface area contributed by atoms with Gasteiger partial charge in [-0.2, -0.15) is 4.80 Å². The van der Waals surface area contributed by atoms with Gasteiger partial charge in [-0.25, -0.2) is 4.39 Å². The lowest BCUT2D eigenvalue weighted by Crippen LogP contribution is -2.45. The Balaban J connectivity index is 1.48. The number of hydrogen-bond acceptors (Lipinski definition) is 6. The number of rotatable bonds is 9. The molecule has 0 saturated heterocycles. The predicted molar refractivity (Wildman–Crippen MR) is 142 cm³/mol. The van der Waals surface area contributed by atoms with Gasteiger partial charge in [-0.3, -0.25) is 14.5 Å². The lowest BCUT2D eigenvalue weighted by molar-refractivity contribution is -0.127. The molecule has 2 amide bonds. The van der Waals surface area contributed by atoms with Crippen LogP contribution in [0.25, 0.3) is 11.6 Å². The van der Waals surface area contributed by atoms with Crippen molar-refractivity contribution in [3.05, 3.63) is 120 Å². The van der Waals surface area contributed by atoms with Crippen LogP contribution in [0.5, 0.6) is 0 Å². The number of amides is 2. The average molecular weight is 525 g/mol. The summed E-state index contributed by atoms with van der Waals surface area (Å²) in [7, 11) is 0. The maximum absolute atomic E-state index is 13.8. The molecule has 2 aromatic heterocycles. The van der Waals surface area contributed by atoms with Crippen molar-refractivity contribution < 1.29 is 18.4 Å². The SMILES string of the molecule is Cc1ccc(-c2nnn(CC(=O)N(c3ccccc3)[C@H](C(=O)NCc3ccccc3)c3ccc(F)cc3)n2)o1. The Morgan fingerprint density at radius 1 is 0.949 bits per heavy atom. The number of benzene rings is 3. The van der Waals surface area contributed by atoms with E-state index in [-0.39, 0.29) is 18.9 Å². The number of tetrazole rings is 1. The molecule has 196 valence electrons. The fourth-order valence-electron chi connectivity index (χ4n) is 4.13. The van der Waals surface area contributed by atoms with Crippen LogP contribution in [0.3, 0.4) is 0 Å². The highest BCUT2D eigenvalue weighted by atomic mass is 19.1. The Morgan fingerprint density at radius 3 is 2.31 bits per heavy atom. The fraction of sp³-hybridized carbons (Fsp3) is 0.138. The van der Waals surface area contributed by atoms with Gasteiger partial charge in [0.15, 0.2) is 5.76 Å². The molecule has 10 heteroatoms. The summed E-state index contributed by atoms with van der Waals surface area (Å²) >= 11 is 0. The molecular formula is C29H25FN6O3. The minimum atomic E-state index is -1.10. The minimum Gasteiger partial charge on any atom is -0.458 e. The van der Waals surface area contributed by atoms with Gasteiger partial charge >= 0.3 is 0 Å². The van der Waals surface area contributed by atoms with Crippen LogP contribution in [-0.4, -0.2) is 32.0 Å². The molecule has 0 saturated carbocycles. The Bertz CT molecular complexity index is 1550. The number of aryl methyl sites for hydroxylation is 1. The summed E-state index contributed by atoms with van der Waals surface area (Å²) in [6.07, 6.45) is 0. The van der Waals surface area contributed by atoms with Crippen LogP contribution in [-0.2, 0) is 22.7 Å². The summed E-state index contributed by atoms with van der Waals surface area (Å²) in [6, 6.07) is 26.1. The van der Waals surface area contributed by atoms with Crippen LogP contribution in [0.15, 0.2) is 101 Å². The maximum atomic E-state index is 13.8. The van der Waals surface area contributed by atoms with E-state index in [1.165, 1.54) is 29.2 Å². The van der Waals surface area contributed by atoms with Crippen LogP contribution in [0, 0.1) is 12.7 Å². The zero-order valence-corrected chi connectivity index (χ0v) is 21.1. The second kappa shape index (κ2) is 11.5. The molecule has 5 rings (SSSR count). The highest BCUT2D eigenvalue weighted by molar-refractivity contribution is 6.01. The van der Waals surface area contributed by atoms with Crippen molar-refractivity contribution in [2.45, 2.75) is 26.1 Å². The van der Waals surface area contributed by atoms with Gasteiger partial charge in [0.1, 0.15) is 24.2 Å². The van der Waals surface area contributed by atoms with E-state index < -0.39 is 23.7 Å². The molecule has 0 radical (unpaired) electrons. The monoisotopic (exact) mass is 524 g/mol. The molecule has 2 heterocycles. The molecule has 0 fully saturated rings. The van der Waals surface area contributed by atoms with E-state index in [0.29, 0.717) is 22.8 Å². The first kappa shape index (κ1) is 25.5. The molecule has 39 heavy (non-hydrogen) atoms. The van der Waals surface area contributed by atoms with Crippen molar-refractivity contribution in [2.24, 2.45) is 0 Å². The topological polar surface area (TPSA) is 106 Å². The highest BCUT2D eigenvalue weighted by Gasteiger charge is 2.33. The molecule has 0 aliphatic carbocycles. The van der Waals surface area contributed by atoms with Crippen LogP contribution in [0.2, 0.25) is 0 Å². The van der Waals surface area contributed by atoms with Gasteiger partial charge in [-0.1, -0.05) is 60.7 Å². The van der Waals surface area contributed by atoms with Crippen molar-refractivity contribution in [3.8, 4) is 11.6 Å². The van der Waals surface area contributed by atoms with Crippen LogP contribution < -0.4 is 10.2 Å². The number of nitrogens with one attached hydrogen (secondary N) is 1. The fourth-order valence-corrected chi connectivity index (χ4v) is 4.13. The number of carbonyl (C=O) groups excluding carboxylic acids is 2. The molecule has 3 aromatic carbocycles. The van der Waals surface area contributed by atoms with Crippen molar-refractivity contribution in [3.63, 3.8) is 0 Å². The van der Waals surface area contributed by atoms with Gasteiger partial charge in [0.05, 0.1) is 0 Å². The molecule has 0 spiro atoms. The number of anilines is 1. The Labute approximate surface area is 223 Å². The largest absolute Gasteiger partial charge is 0.458 e. The standard InChI is InChI=1S/C29H25FN6O3/c1-20-12-17-25(39-20)28-32-34-35(33-28)19-26(37)36(24-10-6-3-7-11-24)27(22-13-15-23(30)16-14-22)29(38)31-18-21-8-4-2-5-9-21/h2-17,27H,18-19H2,1H3,(H,31,38)/t27-/m0/s1. The van der Waals surface area contributed by atoms with Crippen molar-refractivity contribution in [2.75, 3.05) is 4.90 Å². The first-order valence-corrected chi connectivity index (χ1v) is 12.3. The zero-order valence-electron chi connectivity index (χ0n) is 21.1. The van der Waals surface area contributed by atoms with E-state index in [2.05, 4.69) is 20.7 Å². The molecule has 0 unspecified atom stereocenters. The Hall–Kier alpha value is -5.12. The second-order valence-electron chi connectivity index (χ2n) is 8.81. The molecular weight excluding hydrogens is 499 g/mol. The normalized spacial score (nSPS) is 11.6. The molecule has 1 N–H and O–H groups in total. The van der Waals surface area contributed by atoms with Gasteiger partial charge in [0, 0.05) is 12.2 Å². The first-order valence-electron chi connectivity index (χ1n) is 12.3. The molecule has 5 aromatic rings. The summed E-state index contributed by atoms with van der Waals surface area (Å²) in [5.74, 6) is 0.00277. The lowest BCUT2D eigenvalue weighted by atomic mass is 10.0. The van der Waals surface area contributed by atoms with Crippen molar-refractivity contribution in [1.82, 2.24) is 25.5 Å². The number of carbonyl (C=O) groups is 2. The predicted octanol–water partition coefficient (Wildman–Crippen LogP) is 4.47. The third kappa shape index (κ3) is 6.07. The van der Waals surface area contributed by atoms with Gasteiger partial charge < -0.3 is 9.73 Å². The Kier molecular flexibility index (Phi) is 7.53. The van der Waals surface area contributed by atoms with E-state index in [1.807, 2.05) is 36.4 Å². The molecule has 9 nitrogen and oxygen atoms in total. The number of nitrogens with zero attached hydrogens (tertiary/aromatic N) is 5. The quantitative estimate of drug-likeness (QED) is 0.305. The maximum Gasteiger partial charge on any atom is 0.251 e. The number of hydrogen-bond donors (Lipinski definition) is 1. The van der Waals surface area contributed by atoms with Gasteiger partial charge in [-0.05, 0) is 59.7 Å². The number of halogens is 1. The lowest BCUT2D eigenvalue weighted by Gasteiger charge is -2.31.